The fourth-order valence-corrected chi connectivity index (χ4v) is 5.52. The Balaban J connectivity index is 1.33. The molecule has 1 aromatic heterocycles. The molecule has 0 saturated carbocycles. The summed E-state index contributed by atoms with van der Waals surface area (Å²) in [6.07, 6.45) is 4.06. The molecule has 0 radical (unpaired) electrons. The summed E-state index contributed by atoms with van der Waals surface area (Å²) in [6.45, 7) is 1.08. The Morgan fingerprint density at radius 1 is 1.06 bits per heavy atom. The number of hydrogen-bond donors (Lipinski definition) is 1. The molecular formula is C22H19ClFN5O3S. The normalized spacial score (nSPS) is 18.0. The lowest BCUT2D eigenvalue weighted by atomic mass is 10.1. The van der Waals surface area contributed by atoms with Gasteiger partial charge in [-0.25, -0.2) is 27.5 Å². The third kappa shape index (κ3) is 3.89. The minimum atomic E-state index is -3.86. The van der Waals surface area contributed by atoms with E-state index in [9.17, 15) is 17.6 Å². The maximum atomic E-state index is 13.8. The zero-order valence-electron chi connectivity index (χ0n) is 17.3. The third-order valence-corrected chi connectivity index (χ3v) is 7.64. The van der Waals surface area contributed by atoms with Gasteiger partial charge in [-0.2, -0.15) is 0 Å². The van der Waals surface area contributed by atoms with Crippen LogP contribution >= 0.6 is 11.6 Å². The van der Waals surface area contributed by atoms with Gasteiger partial charge in [-0.05, 0) is 60.9 Å². The Bertz CT molecular complexity index is 1320. The van der Waals surface area contributed by atoms with E-state index in [-0.39, 0.29) is 27.8 Å². The standard InChI is InChI=1S/C22H19ClFN5O3S/c23-20-16-8-12-29(18(16)7-6-17(20)24)19-9-13-28(21(19)30)14-2-4-15(5-3-14)33(31,32)27-22-25-10-1-11-26-22/h1-7,10-11,19H,8-9,12-13H2,(H,25,26,27)/t19-/m0/s1. The Morgan fingerprint density at radius 2 is 1.79 bits per heavy atom. The highest BCUT2D eigenvalue weighted by atomic mass is 35.5. The first kappa shape index (κ1) is 21.6. The van der Waals surface area contributed by atoms with Crippen molar-refractivity contribution in [3.05, 3.63) is 71.3 Å². The first-order chi connectivity index (χ1) is 15.8. The maximum Gasteiger partial charge on any atom is 0.264 e. The highest BCUT2D eigenvalue weighted by molar-refractivity contribution is 7.92. The number of nitrogens with one attached hydrogen (secondary N) is 1. The molecule has 0 spiro atoms. The first-order valence-corrected chi connectivity index (χ1v) is 12.2. The van der Waals surface area contributed by atoms with E-state index in [1.807, 2.05) is 4.90 Å². The van der Waals surface area contributed by atoms with E-state index in [2.05, 4.69) is 14.7 Å². The van der Waals surface area contributed by atoms with Gasteiger partial charge in [0, 0.05) is 36.9 Å². The molecule has 170 valence electrons. The van der Waals surface area contributed by atoms with Gasteiger partial charge in [0.05, 0.1) is 9.92 Å². The molecule has 0 unspecified atom stereocenters. The molecule has 11 heteroatoms. The van der Waals surface area contributed by atoms with E-state index < -0.39 is 15.8 Å². The van der Waals surface area contributed by atoms with Gasteiger partial charge >= 0.3 is 0 Å². The van der Waals surface area contributed by atoms with Crippen molar-refractivity contribution in [2.75, 3.05) is 27.6 Å². The van der Waals surface area contributed by atoms with Gasteiger partial charge in [0.1, 0.15) is 11.9 Å². The van der Waals surface area contributed by atoms with E-state index >= 15 is 0 Å². The fourth-order valence-electron chi connectivity index (χ4n) is 4.31. The molecular weight excluding hydrogens is 469 g/mol. The van der Waals surface area contributed by atoms with E-state index in [1.54, 1.807) is 29.2 Å². The van der Waals surface area contributed by atoms with Crippen LogP contribution in [-0.2, 0) is 21.2 Å². The number of amides is 1. The molecule has 1 fully saturated rings. The van der Waals surface area contributed by atoms with Crippen molar-refractivity contribution < 1.29 is 17.6 Å². The molecule has 5 rings (SSSR count). The van der Waals surface area contributed by atoms with Gasteiger partial charge in [-0.15, -0.1) is 0 Å². The van der Waals surface area contributed by atoms with Crippen LogP contribution in [0.1, 0.15) is 12.0 Å². The van der Waals surface area contributed by atoms with Crippen LogP contribution in [0.2, 0.25) is 5.02 Å². The second-order valence-electron chi connectivity index (χ2n) is 7.77. The monoisotopic (exact) mass is 487 g/mol. The molecule has 1 saturated heterocycles. The second-order valence-corrected chi connectivity index (χ2v) is 9.83. The number of rotatable bonds is 5. The minimum absolute atomic E-state index is 0.0231. The molecule has 0 bridgehead atoms. The lowest BCUT2D eigenvalue weighted by molar-refractivity contribution is -0.118. The number of anilines is 3. The van der Waals surface area contributed by atoms with Crippen LogP contribution < -0.4 is 14.5 Å². The smallest absolute Gasteiger partial charge is 0.264 e. The molecule has 3 aromatic rings. The molecule has 0 aliphatic carbocycles. The number of carbonyl (C=O) groups excluding carboxylic acids is 1. The summed E-state index contributed by atoms with van der Waals surface area (Å²) in [5.74, 6) is -0.570. The maximum absolute atomic E-state index is 13.8. The van der Waals surface area contributed by atoms with Crippen molar-refractivity contribution in [1.29, 1.82) is 0 Å². The molecule has 33 heavy (non-hydrogen) atoms. The summed E-state index contributed by atoms with van der Waals surface area (Å²) in [7, 11) is -3.86. The van der Waals surface area contributed by atoms with Gasteiger partial charge in [0.25, 0.3) is 10.0 Å². The Morgan fingerprint density at radius 3 is 2.52 bits per heavy atom. The van der Waals surface area contributed by atoms with Crippen LogP contribution in [0.3, 0.4) is 0 Å². The summed E-state index contributed by atoms with van der Waals surface area (Å²) >= 11 is 6.12. The molecule has 1 atom stereocenters. The average Bonchev–Trinajstić information content (AvgIpc) is 3.40. The molecule has 2 aliphatic heterocycles. The van der Waals surface area contributed by atoms with Crippen LogP contribution in [0.5, 0.6) is 0 Å². The predicted molar refractivity (Wildman–Crippen MR) is 123 cm³/mol. The fraction of sp³-hybridized carbons (Fsp3) is 0.227. The number of benzene rings is 2. The number of carbonyl (C=O) groups is 1. The number of nitrogens with zero attached hydrogens (tertiary/aromatic N) is 4. The van der Waals surface area contributed by atoms with Gasteiger partial charge in [0.2, 0.25) is 11.9 Å². The second kappa shape index (κ2) is 8.27. The number of sulfonamides is 1. The van der Waals surface area contributed by atoms with Gasteiger partial charge in [0.15, 0.2) is 0 Å². The van der Waals surface area contributed by atoms with E-state index in [0.717, 1.165) is 11.3 Å². The van der Waals surface area contributed by atoms with E-state index in [4.69, 9.17) is 11.6 Å². The quantitative estimate of drug-likeness (QED) is 0.593. The van der Waals surface area contributed by atoms with Gasteiger partial charge in [-0.3, -0.25) is 4.79 Å². The average molecular weight is 488 g/mol. The minimum Gasteiger partial charge on any atom is -0.359 e. The summed E-state index contributed by atoms with van der Waals surface area (Å²) < 4.78 is 41.3. The lowest BCUT2D eigenvalue weighted by Gasteiger charge is -2.26. The number of halogens is 2. The highest BCUT2D eigenvalue weighted by Crippen LogP contribution is 2.38. The first-order valence-electron chi connectivity index (χ1n) is 10.3. The predicted octanol–water partition coefficient (Wildman–Crippen LogP) is 3.24. The lowest BCUT2D eigenvalue weighted by Crippen LogP contribution is -2.41. The Hall–Kier alpha value is -3.24. The summed E-state index contributed by atoms with van der Waals surface area (Å²) in [4.78, 5) is 24.6. The molecule has 8 nitrogen and oxygen atoms in total. The van der Waals surface area contributed by atoms with Crippen molar-refractivity contribution in [2.24, 2.45) is 0 Å². The van der Waals surface area contributed by atoms with Crippen LogP contribution in [-0.4, -0.2) is 43.4 Å². The van der Waals surface area contributed by atoms with Crippen molar-refractivity contribution in [3.63, 3.8) is 0 Å². The Kier molecular flexibility index (Phi) is 5.41. The summed E-state index contributed by atoms with van der Waals surface area (Å²) in [5, 5.41) is 0.114. The van der Waals surface area contributed by atoms with Crippen molar-refractivity contribution >= 4 is 44.9 Å². The molecule has 1 N–H and O–H groups in total. The number of aromatic nitrogens is 2. The number of hydrogen-bond acceptors (Lipinski definition) is 6. The molecule has 3 heterocycles. The zero-order chi connectivity index (χ0) is 23.2. The van der Waals surface area contributed by atoms with Crippen molar-refractivity contribution in [2.45, 2.75) is 23.8 Å². The van der Waals surface area contributed by atoms with Crippen molar-refractivity contribution in [1.82, 2.24) is 9.97 Å². The van der Waals surface area contributed by atoms with Gasteiger partial charge < -0.3 is 9.80 Å². The molecule has 2 aromatic carbocycles. The third-order valence-electron chi connectivity index (χ3n) is 5.89. The van der Waals surface area contributed by atoms with E-state index in [1.165, 1.54) is 30.6 Å². The van der Waals surface area contributed by atoms with E-state index in [0.29, 0.717) is 31.6 Å². The van der Waals surface area contributed by atoms with Gasteiger partial charge in [-0.1, -0.05) is 11.6 Å². The SMILES string of the molecule is O=C1[C@@H](N2CCc3c2ccc(F)c3Cl)CCN1c1ccc(S(=O)(=O)Nc2ncccn2)cc1. The van der Waals surface area contributed by atoms with Crippen molar-refractivity contribution in [3.8, 4) is 0 Å². The molecule has 2 aliphatic rings. The highest BCUT2D eigenvalue weighted by Gasteiger charge is 2.39. The summed E-state index contributed by atoms with van der Waals surface area (Å²) in [5.41, 5.74) is 2.12. The Labute approximate surface area is 195 Å². The topological polar surface area (TPSA) is 95.5 Å². The zero-order valence-corrected chi connectivity index (χ0v) is 18.9. The van der Waals surface area contributed by atoms with Crippen LogP contribution in [0.4, 0.5) is 21.7 Å². The van der Waals surface area contributed by atoms with Crippen LogP contribution in [0, 0.1) is 5.82 Å². The largest absolute Gasteiger partial charge is 0.359 e. The summed E-state index contributed by atoms with van der Waals surface area (Å²) in [6, 6.07) is 10.3. The van der Waals surface area contributed by atoms with Crippen LogP contribution in [0.15, 0.2) is 59.8 Å². The molecule has 1 amide bonds. The van der Waals surface area contributed by atoms with Crippen LogP contribution in [0.25, 0.3) is 0 Å². The number of fused-ring (bicyclic) bond motifs is 1.